The van der Waals surface area contributed by atoms with Gasteiger partial charge in [0, 0.05) is 30.6 Å². The van der Waals surface area contributed by atoms with E-state index in [9.17, 15) is 22.4 Å². The molecule has 8 nitrogen and oxygen atoms in total. The van der Waals surface area contributed by atoms with Gasteiger partial charge in [-0.2, -0.15) is 0 Å². The largest absolute Gasteiger partial charge is 0.462 e. The summed E-state index contributed by atoms with van der Waals surface area (Å²) in [6.07, 6.45) is 14.5. The first-order valence-electron chi connectivity index (χ1n) is 24.8. The summed E-state index contributed by atoms with van der Waals surface area (Å²) < 4.78 is 51.6. The summed E-state index contributed by atoms with van der Waals surface area (Å²) >= 11 is 0. The smallest absolute Gasteiger partial charge is 0.309 e. The molecule has 10 heteroatoms. The Balaban J connectivity index is 0.887. The second-order valence-electron chi connectivity index (χ2n) is 24.6. The maximum atomic E-state index is 14.8. The molecule has 1 heterocycles. The summed E-state index contributed by atoms with van der Waals surface area (Å²) in [6.45, 7) is 20.6. The number of esters is 2. The summed E-state index contributed by atoms with van der Waals surface area (Å²) in [5, 5.41) is 4.16. The second-order valence-corrected chi connectivity index (χ2v) is 26.9. The Morgan fingerprint density at radius 1 is 0.758 bits per heavy atom. The molecule has 1 N–H and O–H groups in total. The summed E-state index contributed by atoms with van der Waals surface area (Å²) in [5.41, 5.74) is 1.25. The van der Waals surface area contributed by atoms with Gasteiger partial charge in [0.1, 0.15) is 19.4 Å². The number of alkyl halides is 1. The molecule has 0 radical (unpaired) electrons. The maximum absolute atomic E-state index is 14.8. The van der Waals surface area contributed by atoms with Crippen molar-refractivity contribution in [2.75, 3.05) is 37.8 Å². The van der Waals surface area contributed by atoms with Crippen LogP contribution in [0, 0.1) is 73.9 Å². The summed E-state index contributed by atoms with van der Waals surface area (Å²) in [6, 6.07) is 9.47. The van der Waals surface area contributed by atoms with Crippen LogP contribution in [0.3, 0.4) is 0 Å². The minimum Gasteiger partial charge on any atom is -0.462 e. The van der Waals surface area contributed by atoms with Crippen molar-refractivity contribution in [1.29, 1.82) is 0 Å². The molecule has 0 bridgehead atoms. The van der Waals surface area contributed by atoms with Crippen molar-refractivity contribution in [3.05, 3.63) is 35.9 Å². The second kappa shape index (κ2) is 15.5. The van der Waals surface area contributed by atoms with Crippen LogP contribution in [0.25, 0.3) is 0 Å². The average molecular weight is 879 g/mol. The first-order valence-corrected chi connectivity index (χ1v) is 26.6. The van der Waals surface area contributed by atoms with Gasteiger partial charge in [0.25, 0.3) is 0 Å². The van der Waals surface area contributed by atoms with Crippen molar-refractivity contribution < 1.29 is 31.9 Å². The van der Waals surface area contributed by atoms with E-state index in [0.29, 0.717) is 61.1 Å². The highest BCUT2D eigenvalue weighted by Crippen LogP contribution is 2.78. The Bertz CT molecular complexity index is 1970. The zero-order valence-electron chi connectivity index (χ0n) is 39.4. The van der Waals surface area contributed by atoms with Gasteiger partial charge in [-0.05, 0) is 146 Å². The molecule has 0 spiro atoms. The zero-order valence-corrected chi connectivity index (χ0v) is 40.2. The highest BCUT2D eigenvalue weighted by Gasteiger charge is 2.72. The first kappa shape index (κ1) is 45.1. The fourth-order valence-corrected chi connectivity index (χ4v) is 18.1. The zero-order chi connectivity index (χ0) is 44.3. The summed E-state index contributed by atoms with van der Waals surface area (Å²) in [5.74, 6) is 2.20. The van der Waals surface area contributed by atoms with Crippen LogP contribution in [-0.4, -0.2) is 80.8 Å². The number of halogens is 1. The number of sulfone groups is 1. The van der Waals surface area contributed by atoms with E-state index in [1.165, 1.54) is 51.4 Å². The van der Waals surface area contributed by atoms with Crippen molar-refractivity contribution in [1.82, 2.24) is 10.2 Å². The minimum absolute atomic E-state index is 0.0153. The molecule has 13 atom stereocenters. The number of hydrogen-bond acceptors (Lipinski definition) is 8. The molecule has 62 heavy (non-hydrogen) atoms. The van der Waals surface area contributed by atoms with Gasteiger partial charge >= 0.3 is 11.9 Å². The molecule has 1 unspecified atom stereocenters. The SMILES string of the molecule is CC1(C2CC[C@]3(NC[C@@H](CF)N4CCS(=O)(=O)CC4)CC[C@]4(C)[C@H](CC[C@@H]5[C@@]6(C)CC[C@H](OC(=O)[C@H]7C[C@@H](C(=O)OCc8ccccc8)C7(C)C)C(C)(C)[C@@H]6CC[C@]54C)[C@@H]23)CC1. The van der Waals surface area contributed by atoms with Crippen LogP contribution in [0.15, 0.2) is 30.3 Å². The molecule has 0 amide bonds. The van der Waals surface area contributed by atoms with Crippen molar-refractivity contribution in [3.63, 3.8) is 0 Å². The Kier molecular flexibility index (Phi) is 11.3. The molecule has 1 aliphatic heterocycles. The van der Waals surface area contributed by atoms with Gasteiger partial charge in [-0.15, -0.1) is 0 Å². The van der Waals surface area contributed by atoms with E-state index in [1.807, 2.05) is 44.2 Å². The fourth-order valence-electron chi connectivity index (χ4n) is 16.9. The predicted octanol–water partition coefficient (Wildman–Crippen LogP) is 9.60. The number of hydrogen-bond donors (Lipinski definition) is 1. The third-order valence-corrected chi connectivity index (χ3v) is 23.0. The monoisotopic (exact) mass is 879 g/mol. The minimum atomic E-state index is -3.02. The van der Waals surface area contributed by atoms with E-state index in [1.54, 1.807) is 0 Å². The fraction of sp³-hybridized carbons (Fsp3) is 0.846. The quantitative estimate of drug-likeness (QED) is 0.220. The molecule has 9 rings (SSSR count). The average Bonchev–Trinajstić information content (AvgIpc) is 3.85. The molecule has 1 aromatic rings. The number of fused-ring (bicyclic) bond motifs is 7. The van der Waals surface area contributed by atoms with E-state index in [-0.39, 0.29) is 81.2 Å². The highest BCUT2D eigenvalue weighted by atomic mass is 32.2. The molecule has 346 valence electrons. The number of benzene rings is 1. The lowest BCUT2D eigenvalue weighted by Crippen LogP contribution is -2.69. The normalized spacial score (nSPS) is 44.0. The molecular formula is C52H79FN2O6S. The molecule has 8 fully saturated rings. The summed E-state index contributed by atoms with van der Waals surface area (Å²) in [7, 11) is -3.02. The van der Waals surface area contributed by atoms with Crippen LogP contribution < -0.4 is 5.32 Å². The number of ether oxygens (including phenoxy) is 2. The van der Waals surface area contributed by atoms with Gasteiger partial charge < -0.3 is 14.8 Å². The molecule has 1 aromatic carbocycles. The number of carbonyl (C=O) groups is 2. The molecule has 7 saturated carbocycles. The standard InChI is InChI=1S/C52H79FN2O6S/c1-46(2)38(44(56)60-33-34-12-10-9-11-13-34)30-39(46)45(57)61-42-18-19-49(6)40(47(42,3)4)17-20-51(8)41(49)15-14-37-43-36(48(5)22-23-48)16-21-52(43,25-24-50(37,51)7)54-32-35(31-53)55-26-28-62(58,59)29-27-55/h9-13,35-43,54H,14-33H2,1-8H3/t35-,36?,37-,38+,39-,40+,41-,42+,43-,49+,50-,51-,52+/m1/s1. The van der Waals surface area contributed by atoms with Gasteiger partial charge in [-0.1, -0.05) is 85.7 Å². The van der Waals surface area contributed by atoms with Crippen LogP contribution in [0.1, 0.15) is 144 Å². The summed E-state index contributed by atoms with van der Waals surface area (Å²) in [4.78, 5) is 29.3. The van der Waals surface area contributed by atoms with Crippen LogP contribution in [0.2, 0.25) is 0 Å². The lowest BCUT2D eigenvalue weighted by atomic mass is 9.32. The lowest BCUT2D eigenvalue weighted by Gasteiger charge is -2.73. The van der Waals surface area contributed by atoms with Crippen molar-refractivity contribution in [3.8, 4) is 0 Å². The molecule has 1 saturated heterocycles. The Labute approximate surface area is 373 Å². The number of nitrogens with zero attached hydrogens (tertiary/aromatic N) is 1. The van der Waals surface area contributed by atoms with Crippen LogP contribution in [-0.2, 0) is 35.5 Å². The lowest BCUT2D eigenvalue weighted by molar-refractivity contribution is -0.250. The van der Waals surface area contributed by atoms with Gasteiger partial charge in [-0.3, -0.25) is 14.5 Å². The van der Waals surface area contributed by atoms with E-state index < -0.39 is 21.9 Å². The number of rotatable bonds is 11. The Morgan fingerprint density at radius 3 is 2.11 bits per heavy atom. The molecule has 0 aromatic heterocycles. The third kappa shape index (κ3) is 7.08. The van der Waals surface area contributed by atoms with Crippen LogP contribution in [0.5, 0.6) is 0 Å². The third-order valence-electron chi connectivity index (χ3n) is 21.4. The molecule has 8 aliphatic rings. The van der Waals surface area contributed by atoms with Gasteiger partial charge in [0.05, 0.1) is 29.4 Å². The van der Waals surface area contributed by atoms with Crippen molar-refractivity contribution >= 4 is 21.8 Å². The topological polar surface area (TPSA) is 102 Å². The van der Waals surface area contributed by atoms with E-state index in [4.69, 9.17) is 9.47 Å². The van der Waals surface area contributed by atoms with E-state index >= 15 is 0 Å². The number of nitrogens with one attached hydrogen (secondary N) is 1. The Hall–Kier alpha value is -2.04. The number of carbonyl (C=O) groups excluding carboxylic acids is 2. The predicted molar refractivity (Wildman–Crippen MR) is 241 cm³/mol. The molecular weight excluding hydrogens is 800 g/mol. The van der Waals surface area contributed by atoms with E-state index in [2.05, 4.69) is 51.8 Å². The molecule has 7 aliphatic carbocycles. The highest BCUT2D eigenvalue weighted by molar-refractivity contribution is 7.91. The van der Waals surface area contributed by atoms with Crippen LogP contribution >= 0.6 is 0 Å². The Morgan fingerprint density at radius 2 is 1.45 bits per heavy atom. The van der Waals surface area contributed by atoms with Crippen molar-refractivity contribution in [2.45, 2.75) is 163 Å². The van der Waals surface area contributed by atoms with Gasteiger partial charge in [0.15, 0.2) is 9.84 Å². The van der Waals surface area contributed by atoms with Crippen molar-refractivity contribution in [2.24, 2.45) is 73.9 Å². The van der Waals surface area contributed by atoms with Gasteiger partial charge in [0.2, 0.25) is 0 Å². The van der Waals surface area contributed by atoms with Gasteiger partial charge in [-0.25, -0.2) is 12.8 Å². The first-order chi connectivity index (χ1) is 29.1. The van der Waals surface area contributed by atoms with Crippen LogP contribution in [0.4, 0.5) is 4.39 Å². The van der Waals surface area contributed by atoms with E-state index in [0.717, 1.165) is 31.2 Å². The maximum Gasteiger partial charge on any atom is 0.309 e.